The van der Waals surface area contributed by atoms with Gasteiger partial charge in [0, 0.05) is 24.7 Å². The molecule has 3 heterocycles. The number of piperazine rings is 1. The molecule has 7 nitrogen and oxygen atoms in total. The van der Waals surface area contributed by atoms with Gasteiger partial charge in [-0.15, -0.1) is 0 Å². The molecule has 0 unspecified atom stereocenters. The van der Waals surface area contributed by atoms with E-state index in [1.54, 1.807) is 4.90 Å². The first-order chi connectivity index (χ1) is 15.5. The Hall–Kier alpha value is -2.47. The minimum absolute atomic E-state index is 0.0426. The highest BCUT2D eigenvalue weighted by Crippen LogP contribution is 2.36. The van der Waals surface area contributed by atoms with Crippen LogP contribution >= 0.6 is 11.6 Å². The van der Waals surface area contributed by atoms with Crippen LogP contribution in [0.4, 0.5) is 22.0 Å². The van der Waals surface area contributed by atoms with Crippen LogP contribution in [-0.4, -0.2) is 68.1 Å². The zero-order valence-corrected chi connectivity index (χ0v) is 17.9. The Kier molecular flexibility index (Phi) is 6.25. The van der Waals surface area contributed by atoms with Gasteiger partial charge in [0.15, 0.2) is 5.69 Å². The van der Waals surface area contributed by atoms with Crippen molar-refractivity contribution >= 4 is 28.9 Å². The van der Waals surface area contributed by atoms with E-state index in [9.17, 15) is 36.6 Å². The molecule has 1 saturated carbocycles. The van der Waals surface area contributed by atoms with Crippen molar-refractivity contribution in [1.29, 1.82) is 0 Å². The van der Waals surface area contributed by atoms with Crippen molar-refractivity contribution in [3.8, 4) is 0 Å². The van der Waals surface area contributed by atoms with Crippen LogP contribution < -0.4 is 0 Å². The van der Waals surface area contributed by atoms with Crippen molar-refractivity contribution in [2.75, 3.05) is 19.6 Å². The van der Waals surface area contributed by atoms with Crippen LogP contribution in [0.25, 0.3) is 5.52 Å². The molecule has 2 amide bonds. The average Bonchev–Trinajstić information content (AvgIpc) is 3.09. The molecule has 0 bridgehead atoms. The number of aliphatic hydroxyl groups excluding tert-OH is 1. The van der Waals surface area contributed by atoms with Crippen molar-refractivity contribution in [3.05, 3.63) is 34.1 Å². The fraction of sp³-hybridized carbons (Fsp3) is 0.550. The third-order valence-corrected chi connectivity index (χ3v) is 6.47. The summed E-state index contributed by atoms with van der Waals surface area (Å²) in [5, 5.41) is 12.8. The van der Waals surface area contributed by atoms with E-state index in [1.165, 1.54) is 0 Å². The van der Waals surface area contributed by atoms with Gasteiger partial charge in [-0.3, -0.25) is 9.59 Å². The van der Waals surface area contributed by atoms with Crippen LogP contribution in [0, 0.1) is 0 Å². The summed E-state index contributed by atoms with van der Waals surface area (Å²) in [7, 11) is 0. The predicted molar refractivity (Wildman–Crippen MR) is 106 cm³/mol. The molecule has 1 aliphatic heterocycles. The Morgan fingerprint density at radius 3 is 2.39 bits per heavy atom. The molecule has 180 valence electrons. The second-order valence-corrected chi connectivity index (χ2v) is 8.59. The smallest absolute Gasteiger partial charge is 0.393 e. The monoisotopic (exact) mass is 494 g/mol. The van der Waals surface area contributed by atoms with E-state index in [4.69, 9.17) is 11.6 Å². The lowest BCUT2D eigenvalue weighted by Gasteiger charge is -2.41. The molecule has 1 N–H and O–H groups in total. The lowest BCUT2D eigenvalue weighted by molar-refractivity contribution is -0.142. The predicted octanol–water partition coefficient (Wildman–Crippen LogP) is 3.53. The summed E-state index contributed by atoms with van der Waals surface area (Å²) < 4.78 is 66.9. The number of fused-ring (bicyclic) bond motifs is 1. The number of pyridine rings is 1. The molecule has 2 aromatic rings. The molecule has 4 rings (SSSR count). The molecule has 0 spiro atoms. The van der Waals surface area contributed by atoms with E-state index in [-0.39, 0.29) is 43.8 Å². The fourth-order valence-electron chi connectivity index (χ4n) is 4.37. The van der Waals surface area contributed by atoms with Crippen molar-refractivity contribution in [2.45, 2.75) is 50.4 Å². The maximum absolute atomic E-state index is 13.4. The molecule has 33 heavy (non-hydrogen) atoms. The van der Waals surface area contributed by atoms with E-state index in [0.29, 0.717) is 30.2 Å². The first-order valence-electron chi connectivity index (χ1n) is 10.3. The Labute approximate surface area is 189 Å². The molecular formula is C20H20ClF5N4O3. The van der Waals surface area contributed by atoms with Crippen molar-refractivity contribution < 1.29 is 36.6 Å². The Bertz CT molecular complexity index is 1080. The molecule has 0 atom stereocenters. The minimum atomic E-state index is -5.02. The second kappa shape index (κ2) is 8.71. The van der Waals surface area contributed by atoms with Crippen LogP contribution in [0.1, 0.15) is 53.9 Å². The number of halogens is 6. The van der Waals surface area contributed by atoms with Gasteiger partial charge in [-0.05, 0) is 37.8 Å². The van der Waals surface area contributed by atoms with Gasteiger partial charge in [0.2, 0.25) is 5.91 Å². The Morgan fingerprint density at radius 1 is 1.15 bits per heavy atom. The number of carbonyl (C=O) groups is 2. The van der Waals surface area contributed by atoms with E-state index < -0.39 is 46.0 Å². The highest BCUT2D eigenvalue weighted by molar-refractivity contribution is 6.36. The van der Waals surface area contributed by atoms with Gasteiger partial charge in [-0.1, -0.05) is 11.6 Å². The molecule has 0 radical (unpaired) electrons. The second-order valence-electron chi connectivity index (χ2n) is 8.21. The summed E-state index contributed by atoms with van der Waals surface area (Å²) in [4.78, 5) is 28.4. The molecule has 2 aliphatic rings. The van der Waals surface area contributed by atoms with E-state index >= 15 is 0 Å². The number of alkyl halides is 5. The number of hydrogen-bond acceptors (Lipinski definition) is 4. The van der Waals surface area contributed by atoms with Gasteiger partial charge in [0.25, 0.3) is 12.3 Å². The van der Waals surface area contributed by atoms with Crippen molar-refractivity contribution in [1.82, 2.24) is 19.4 Å². The van der Waals surface area contributed by atoms with Gasteiger partial charge in [-0.25, -0.2) is 13.3 Å². The number of hydrogen-bond donors (Lipinski definition) is 1. The molecular weight excluding hydrogens is 475 g/mol. The average molecular weight is 495 g/mol. The van der Waals surface area contributed by atoms with E-state index in [1.807, 2.05) is 0 Å². The summed E-state index contributed by atoms with van der Waals surface area (Å²) >= 11 is 6.11. The van der Waals surface area contributed by atoms with Crippen LogP contribution in [0.15, 0.2) is 12.1 Å². The van der Waals surface area contributed by atoms with Crippen LogP contribution in [0.5, 0.6) is 0 Å². The minimum Gasteiger partial charge on any atom is -0.393 e. The van der Waals surface area contributed by atoms with Crippen LogP contribution in [0.2, 0.25) is 5.02 Å². The number of amides is 2. The van der Waals surface area contributed by atoms with Gasteiger partial charge in [0.1, 0.15) is 12.2 Å². The lowest BCUT2D eigenvalue weighted by Crippen LogP contribution is -2.56. The molecule has 13 heteroatoms. The van der Waals surface area contributed by atoms with Gasteiger partial charge in [0.05, 0.1) is 16.6 Å². The van der Waals surface area contributed by atoms with Gasteiger partial charge >= 0.3 is 6.18 Å². The van der Waals surface area contributed by atoms with Crippen molar-refractivity contribution in [2.24, 2.45) is 0 Å². The number of rotatable bonds is 3. The summed E-state index contributed by atoms with van der Waals surface area (Å²) in [5.41, 5.74) is -3.42. The first kappa shape index (κ1) is 23.7. The number of carbonyl (C=O) groups excluding carboxylic acids is 2. The first-order valence-corrected chi connectivity index (χ1v) is 10.7. The molecule has 2 aromatic heterocycles. The van der Waals surface area contributed by atoms with E-state index in [2.05, 4.69) is 5.10 Å². The maximum Gasteiger partial charge on any atom is 0.433 e. The Balaban J connectivity index is 1.60. The van der Waals surface area contributed by atoms with Crippen LogP contribution in [-0.2, 0) is 11.0 Å². The Morgan fingerprint density at radius 2 is 1.82 bits per heavy atom. The molecule has 1 aliphatic carbocycles. The summed E-state index contributed by atoms with van der Waals surface area (Å²) in [5.74, 6) is -1.19. The lowest BCUT2D eigenvalue weighted by atomic mass is 9.91. The SMILES string of the molecule is O=C(c1nn2c(C(F)(F)F)cc(C(F)F)cc2c1Cl)N1CCN(C2CCC(O)CC2)C(=O)C1. The number of aliphatic hydroxyl groups is 1. The standard InChI is InChI=1S/C20H20ClF5N4O3/c21-16-13-7-10(18(22)23)8-14(20(24,25)26)30(13)27-17(16)19(33)28-5-6-29(15(32)9-28)11-1-3-12(31)4-2-11/h7-8,11-12,18,31H,1-6,9H2. The van der Waals surface area contributed by atoms with E-state index in [0.717, 1.165) is 11.0 Å². The molecule has 2 fully saturated rings. The fourth-order valence-corrected chi connectivity index (χ4v) is 4.62. The normalized spacial score (nSPS) is 22.5. The third kappa shape index (κ3) is 4.50. The largest absolute Gasteiger partial charge is 0.433 e. The topological polar surface area (TPSA) is 78.2 Å². The van der Waals surface area contributed by atoms with Gasteiger partial charge in [-0.2, -0.15) is 18.3 Å². The summed E-state index contributed by atoms with van der Waals surface area (Å²) in [6.07, 6.45) is -6.14. The zero-order valence-electron chi connectivity index (χ0n) is 17.2. The summed E-state index contributed by atoms with van der Waals surface area (Å²) in [6, 6.07) is 0.977. The van der Waals surface area contributed by atoms with Crippen LogP contribution in [0.3, 0.4) is 0 Å². The quantitative estimate of drug-likeness (QED) is 0.662. The zero-order chi connectivity index (χ0) is 24.1. The van der Waals surface area contributed by atoms with Crippen molar-refractivity contribution in [3.63, 3.8) is 0 Å². The number of aromatic nitrogens is 2. The third-order valence-electron chi connectivity index (χ3n) is 6.09. The maximum atomic E-state index is 13.4. The molecule has 1 saturated heterocycles. The van der Waals surface area contributed by atoms with Gasteiger partial charge < -0.3 is 14.9 Å². The summed E-state index contributed by atoms with van der Waals surface area (Å²) in [6.45, 7) is 0.0262. The number of nitrogens with zero attached hydrogens (tertiary/aromatic N) is 4. The highest BCUT2D eigenvalue weighted by atomic mass is 35.5. The molecule has 0 aromatic carbocycles. The highest BCUT2D eigenvalue weighted by Gasteiger charge is 2.38.